The van der Waals surface area contributed by atoms with Gasteiger partial charge in [0.05, 0.1) is 5.69 Å². The first-order chi connectivity index (χ1) is 13.4. The van der Waals surface area contributed by atoms with Crippen LogP contribution in [-0.4, -0.2) is 45.1 Å². The molecule has 1 aliphatic heterocycles. The van der Waals surface area contributed by atoms with E-state index in [2.05, 4.69) is 37.5 Å². The van der Waals surface area contributed by atoms with Gasteiger partial charge in [-0.2, -0.15) is 0 Å². The number of nitrogens with zero attached hydrogens (tertiary/aromatic N) is 4. The number of carbonyl (C=O) groups excluding carboxylic acids is 1. The van der Waals surface area contributed by atoms with E-state index in [-0.39, 0.29) is 5.91 Å². The van der Waals surface area contributed by atoms with Gasteiger partial charge in [-0.05, 0) is 63.9 Å². The molecular weight excluding hydrogens is 390 g/mol. The number of anilines is 1. The lowest BCUT2D eigenvalue weighted by Crippen LogP contribution is -2.32. The van der Waals surface area contributed by atoms with Gasteiger partial charge in [0.25, 0.3) is 0 Å². The van der Waals surface area contributed by atoms with Crippen molar-refractivity contribution < 1.29 is 4.79 Å². The molecule has 1 N–H and O–H groups in total. The fourth-order valence-electron chi connectivity index (χ4n) is 3.47. The Morgan fingerprint density at radius 1 is 1.25 bits per heavy atom. The van der Waals surface area contributed by atoms with E-state index in [1.807, 2.05) is 20.1 Å². The smallest absolute Gasteiger partial charge is 0.226 e. The van der Waals surface area contributed by atoms with Crippen molar-refractivity contribution in [1.29, 1.82) is 0 Å². The predicted octanol–water partition coefficient (Wildman–Crippen LogP) is 4.08. The van der Waals surface area contributed by atoms with E-state index in [1.54, 1.807) is 0 Å². The highest BCUT2D eigenvalue weighted by molar-refractivity contribution is 7.98. The lowest BCUT2D eigenvalue weighted by Gasteiger charge is -2.29. The van der Waals surface area contributed by atoms with Gasteiger partial charge in [-0.15, -0.1) is 11.3 Å². The molecule has 28 heavy (non-hydrogen) atoms. The van der Waals surface area contributed by atoms with Crippen LogP contribution in [0.5, 0.6) is 0 Å². The van der Waals surface area contributed by atoms with Crippen molar-refractivity contribution in [3.05, 3.63) is 28.0 Å². The second-order valence-corrected chi connectivity index (χ2v) is 9.14. The summed E-state index contributed by atoms with van der Waals surface area (Å²) in [6.45, 7) is 9.43. The van der Waals surface area contributed by atoms with Crippen LogP contribution in [0.1, 0.15) is 48.8 Å². The van der Waals surface area contributed by atoms with Gasteiger partial charge in [-0.25, -0.2) is 15.0 Å². The molecule has 152 valence electrons. The van der Waals surface area contributed by atoms with E-state index in [1.165, 1.54) is 35.9 Å². The minimum atomic E-state index is -0.0135. The molecule has 1 fully saturated rings. The molecular formula is C20H29N5OS2. The fourth-order valence-corrected chi connectivity index (χ4v) is 4.64. The summed E-state index contributed by atoms with van der Waals surface area (Å²) in [4.78, 5) is 28.4. The molecule has 3 heterocycles. The zero-order valence-electron chi connectivity index (χ0n) is 17.1. The molecule has 0 spiro atoms. The number of carbonyl (C=O) groups is 1. The molecule has 8 heteroatoms. The minimum Gasteiger partial charge on any atom is -0.302 e. The van der Waals surface area contributed by atoms with Crippen LogP contribution in [0.25, 0.3) is 0 Å². The van der Waals surface area contributed by atoms with Crippen molar-refractivity contribution in [2.24, 2.45) is 5.92 Å². The highest BCUT2D eigenvalue weighted by atomic mass is 32.2. The van der Waals surface area contributed by atoms with Crippen molar-refractivity contribution in [3.63, 3.8) is 0 Å². The topological polar surface area (TPSA) is 71.0 Å². The number of likely N-dealkylation sites (tertiary alicyclic amines) is 1. The Hall–Kier alpha value is -1.51. The van der Waals surface area contributed by atoms with Crippen LogP contribution >= 0.6 is 23.1 Å². The average Bonchev–Trinajstić information content (AvgIpc) is 3.09. The molecule has 2 aromatic heterocycles. The first kappa shape index (κ1) is 21.2. The maximum absolute atomic E-state index is 12.4. The van der Waals surface area contributed by atoms with E-state index in [4.69, 9.17) is 0 Å². The summed E-state index contributed by atoms with van der Waals surface area (Å²) in [5, 5.41) is 6.46. The molecule has 6 nitrogen and oxygen atoms in total. The van der Waals surface area contributed by atoms with Gasteiger partial charge in [-0.1, -0.05) is 18.7 Å². The quantitative estimate of drug-likeness (QED) is 0.539. The molecule has 0 atom stereocenters. The number of hydrogen-bond acceptors (Lipinski definition) is 7. The molecule has 0 unspecified atom stereocenters. The van der Waals surface area contributed by atoms with Crippen molar-refractivity contribution >= 4 is 34.1 Å². The van der Waals surface area contributed by atoms with E-state index in [9.17, 15) is 4.79 Å². The number of amides is 1. The van der Waals surface area contributed by atoms with E-state index in [0.29, 0.717) is 18.0 Å². The second-order valence-electron chi connectivity index (χ2n) is 7.51. The molecule has 0 bridgehead atoms. The number of piperidine rings is 1. The number of aromatic nitrogens is 3. The van der Waals surface area contributed by atoms with Crippen LogP contribution in [0.3, 0.4) is 0 Å². The van der Waals surface area contributed by atoms with Crippen LogP contribution in [0.4, 0.5) is 5.13 Å². The lowest BCUT2D eigenvalue weighted by molar-refractivity contribution is -0.116. The largest absolute Gasteiger partial charge is 0.302 e. The standard InChI is InChI=1S/C20H29N5OS2/c1-13-7-9-25(10-8-13)11-16-12-28-20(23-16)24-18(26)6-5-17-14(2)21-19(27-4)22-15(17)3/h12-13H,5-11H2,1-4H3,(H,23,24,26). The first-order valence-electron chi connectivity index (χ1n) is 9.79. The van der Waals surface area contributed by atoms with Crippen molar-refractivity contribution in [1.82, 2.24) is 19.9 Å². The number of thioether (sulfide) groups is 1. The van der Waals surface area contributed by atoms with Crippen LogP contribution in [-0.2, 0) is 17.8 Å². The summed E-state index contributed by atoms with van der Waals surface area (Å²) in [6.07, 6.45) is 5.53. The molecule has 0 radical (unpaired) electrons. The monoisotopic (exact) mass is 419 g/mol. The van der Waals surface area contributed by atoms with Gasteiger partial charge >= 0.3 is 0 Å². The van der Waals surface area contributed by atoms with Crippen molar-refractivity contribution in [2.75, 3.05) is 24.7 Å². The Kier molecular flexibility index (Phi) is 7.42. The van der Waals surface area contributed by atoms with Gasteiger partial charge < -0.3 is 5.32 Å². The summed E-state index contributed by atoms with van der Waals surface area (Å²) < 4.78 is 0. The molecule has 1 aliphatic rings. The molecule has 1 amide bonds. The Morgan fingerprint density at radius 3 is 2.57 bits per heavy atom. The molecule has 3 rings (SSSR count). The third-order valence-corrected chi connectivity index (χ3v) is 6.60. The molecule has 0 aliphatic carbocycles. The van der Waals surface area contributed by atoms with Crippen LogP contribution in [0.2, 0.25) is 0 Å². The highest BCUT2D eigenvalue weighted by Gasteiger charge is 2.17. The van der Waals surface area contributed by atoms with Gasteiger partial charge in [0.2, 0.25) is 5.91 Å². The summed E-state index contributed by atoms with van der Waals surface area (Å²) in [7, 11) is 0. The maximum atomic E-state index is 12.4. The highest BCUT2D eigenvalue weighted by Crippen LogP contribution is 2.22. The van der Waals surface area contributed by atoms with E-state index < -0.39 is 0 Å². The lowest BCUT2D eigenvalue weighted by atomic mass is 9.99. The van der Waals surface area contributed by atoms with E-state index in [0.717, 1.165) is 53.4 Å². The predicted molar refractivity (Wildman–Crippen MR) is 116 cm³/mol. The third-order valence-electron chi connectivity index (χ3n) is 5.24. The zero-order chi connectivity index (χ0) is 20.1. The maximum Gasteiger partial charge on any atom is 0.226 e. The number of rotatable bonds is 7. The fraction of sp³-hybridized carbons (Fsp3) is 0.600. The zero-order valence-corrected chi connectivity index (χ0v) is 18.8. The van der Waals surface area contributed by atoms with Crippen molar-refractivity contribution in [3.8, 4) is 0 Å². The number of thiazole rings is 1. The minimum absolute atomic E-state index is 0.0135. The number of hydrogen-bond donors (Lipinski definition) is 1. The third kappa shape index (κ3) is 5.75. The van der Waals surface area contributed by atoms with Gasteiger partial charge in [0.15, 0.2) is 10.3 Å². The first-order valence-corrected chi connectivity index (χ1v) is 11.9. The molecule has 0 saturated carbocycles. The van der Waals surface area contributed by atoms with Gasteiger partial charge in [0.1, 0.15) is 0 Å². The average molecular weight is 420 g/mol. The van der Waals surface area contributed by atoms with Gasteiger partial charge in [-0.3, -0.25) is 9.69 Å². The number of aryl methyl sites for hydroxylation is 2. The van der Waals surface area contributed by atoms with Crippen LogP contribution < -0.4 is 5.32 Å². The Labute approximate surface area is 175 Å². The van der Waals surface area contributed by atoms with Crippen molar-refractivity contribution in [2.45, 2.75) is 58.2 Å². The Bertz CT molecular complexity index is 792. The second kappa shape index (κ2) is 9.80. The summed E-state index contributed by atoms with van der Waals surface area (Å²) >= 11 is 3.04. The molecule has 0 aromatic carbocycles. The summed E-state index contributed by atoms with van der Waals surface area (Å²) in [5.41, 5.74) is 4.02. The molecule has 1 saturated heterocycles. The van der Waals surface area contributed by atoms with Crippen LogP contribution in [0, 0.1) is 19.8 Å². The Morgan fingerprint density at radius 2 is 1.93 bits per heavy atom. The van der Waals surface area contributed by atoms with Gasteiger partial charge in [0, 0.05) is 29.7 Å². The molecule has 2 aromatic rings. The SMILES string of the molecule is CSc1nc(C)c(CCC(=O)Nc2nc(CN3CCC(C)CC3)cs2)c(C)n1. The summed E-state index contributed by atoms with van der Waals surface area (Å²) in [5.74, 6) is 0.816. The van der Waals surface area contributed by atoms with Crippen LogP contribution in [0.15, 0.2) is 10.5 Å². The summed E-state index contributed by atoms with van der Waals surface area (Å²) in [6, 6.07) is 0. The van der Waals surface area contributed by atoms with E-state index >= 15 is 0 Å². The number of nitrogens with one attached hydrogen (secondary N) is 1. The normalized spacial score (nSPS) is 15.7. The Balaban J connectivity index is 1.50.